The maximum Gasteiger partial charge on any atom is 0.309 e. The Balaban J connectivity index is 2.06. The molecule has 86 valence electrons. The van der Waals surface area contributed by atoms with Crippen molar-refractivity contribution in [2.45, 2.75) is 19.3 Å². The van der Waals surface area contributed by atoms with Crippen LogP contribution in [0.2, 0.25) is 10.0 Å². The first-order chi connectivity index (χ1) is 7.63. The summed E-state index contributed by atoms with van der Waals surface area (Å²) in [4.78, 5) is 11.5. The van der Waals surface area contributed by atoms with E-state index in [4.69, 9.17) is 27.9 Å². The molecule has 0 heterocycles. The maximum absolute atomic E-state index is 11.5. The lowest BCUT2D eigenvalue weighted by molar-refractivity contribution is -0.144. The molecular weight excluding hydrogens is 247 g/mol. The lowest BCUT2D eigenvalue weighted by Crippen LogP contribution is -2.07. The van der Waals surface area contributed by atoms with Gasteiger partial charge in [0.25, 0.3) is 0 Å². The number of rotatable bonds is 3. The van der Waals surface area contributed by atoms with Crippen molar-refractivity contribution in [2.24, 2.45) is 5.92 Å². The maximum atomic E-state index is 11.5. The van der Waals surface area contributed by atoms with E-state index in [1.54, 1.807) is 6.07 Å². The number of hydrogen-bond donors (Lipinski definition) is 0. The van der Waals surface area contributed by atoms with E-state index in [1.165, 1.54) is 0 Å². The van der Waals surface area contributed by atoms with Gasteiger partial charge in [0.1, 0.15) is 0 Å². The second kappa shape index (κ2) is 4.64. The van der Waals surface area contributed by atoms with Crippen LogP contribution in [-0.2, 0) is 9.53 Å². The molecule has 0 spiro atoms. The van der Waals surface area contributed by atoms with Gasteiger partial charge in [-0.15, -0.1) is 0 Å². The van der Waals surface area contributed by atoms with E-state index in [-0.39, 0.29) is 17.8 Å². The summed E-state index contributed by atoms with van der Waals surface area (Å²) >= 11 is 11.8. The van der Waals surface area contributed by atoms with E-state index >= 15 is 0 Å². The highest BCUT2D eigenvalue weighted by Crippen LogP contribution is 2.49. The van der Waals surface area contributed by atoms with Crippen molar-refractivity contribution in [1.29, 1.82) is 0 Å². The van der Waals surface area contributed by atoms with E-state index in [0.29, 0.717) is 16.7 Å². The van der Waals surface area contributed by atoms with Crippen LogP contribution in [0.15, 0.2) is 18.2 Å². The standard InChI is InChI=1S/C12H12Cl2O2/c1-2-16-12(15)9-6-8(9)7-3-4-10(13)11(14)5-7/h3-5,8-9H,2,6H2,1H3/t8-,9+/m1/s1. The third-order valence-corrected chi connectivity index (χ3v) is 3.49. The Morgan fingerprint density at radius 1 is 1.44 bits per heavy atom. The van der Waals surface area contributed by atoms with Crippen LogP contribution >= 0.6 is 23.2 Å². The summed E-state index contributed by atoms with van der Waals surface area (Å²) < 4.78 is 4.97. The molecule has 0 aliphatic heterocycles. The highest BCUT2D eigenvalue weighted by molar-refractivity contribution is 6.42. The highest BCUT2D eigenvalue weighted by Gasteiger charge is 2.45. The molecule has 1 aromatic rings. The van der Waals surface area contributed by atoms with Crippen molar-refractivity contribution in [3.05, 3.63) is 33.8 Å². The molecule has 1 saturated carbocycles. The third-order valence-electron chi connectivity index (χ3n) is 2.75. The summed E-state index contributed by atoms with van der Waals surface area (Å²) in [6.45, 7) is 2.25. The average Bonchev–Trinajstić information content (AvgIpc) is 3.02. The SMILES string of the molecule is CCOC(=O)[C@H]1C[C@@H]1c1ccc(Cl)c(Cl)c1. The Labute approximate surface area is 104 Å². The molecule has 0 saturated heterocycles. The Bertz CT molecular complexity index is 417. The minimum Gasteiger partial charge on any atom is -0.466 e. The molecule has 0 aromatic heterocycles. The minimum atomic E-state index is -0.112. The normalized spacial score (nSPS) is 22.9. The fraction of sp³-hybridized carbons (Fsp3) is 0.417. The summed E-state index contributed by atoms with van der Waals surface area (Å²) in [7, 11) is 0. The van der Waals surface area contributed by atoms with E-state index in [0.717, 1.165) is 12.0 Å². The zero-order valence-corrected chi connectivity index (χ0v) is 10.4. The molecular formula is C12H12Cl2O2. The molecule has 1 aromatic carbocycles. The number of benzene rings is 1. The first kappa shape index (κ1) is 11.7. The predicted octanol–water partition coefficient (Wildman–Crippen LogP) is 3.66. The zero-order valence-electron chi connectivity index (χ0n) is 8.87. The fourth-order valence-electron chi connectivity index (χ4n) is 1.82. The van der Waals surface area contributed by atoms with Crippen LogP contribution in [0.4, 0.5) is 0 Å². The Morgan fingerprint density at radius 2 is 2.19 bits per heavy atom. The summed E-state index contributed by atoms with van der Waals surface area (Å²) in [5.41, 5.74) is 1.06. The molecule has 2 rings (SSSR count). The first-order valence-corrected chi connectivity index (χ1v) is 6.00. The largest absolute Gasteiger partial charge is 0.466 e. The number of halogens is 2. The summed E-state index contributed by atoms with van der Waals surface area (Å²) in [5.74, 6) is 0.129. The van der Waals surface area contributed by atoms with Crippen molar-refractivity contribution in [3.8, 4) is 0 Å². The number of carbonyl (C=O) groups excluding carboxylic acids is 1. The van der Waals surface area contributed by atoms with Crippen molar-refractivity contribution >= 4 is 29.2 Å². The Kier molecular flexibility index (Phi) is 3.41. The predicted molar refractivity (Wildman–Crippen MR) is 63.9 cm³/mol. The van der Waals surface area contributed by atoms with Crippen LogP contribution < -0.4 is 0 Å². The van der Waals surface area contributed by atoms with Crippen LogP contribution in [0.1, 0.15) is 24.8 Å². The van der Waals surface area contributed by atoms with Gasteiger partial charge in [0.2, 0.25) is 0 Å². The average molecular weight is 259 g/mol. The quantitative estimate of drug-likeness (QED) is 0.774. The molecule has 0 amide bonds. The van der Waals surface area contributed by atoms with Gasteiger partial charge in [0.15, 0.2) is 0 Å². The van der Waals surface area contributed by atoms with Crippen LogP contribution in [0, 0.1) is 5.92 Å². The molecule has 2 atom stereocenters. The van der Waals surface area contributed by atoms with E-state index in [1.807, 2.05) is 19.1 Å². The lowest BCUT2D eigenvalue weighted by Gasteiger charge is -2.03. The summed E-state index contributed by atoms with van der Waals surface area (Å²) in [6.07, 6.45) is 0.844. The smallest absolute Gasteiger partial charge is 0.309 e. The van der Waals surface area contributed by atoms with Gasteiger partial charge in [-0.05, 0) is 37.0 Å². The number of esters is 1. The zero-order chi connectivity index (χ0) is 11.7. The number of ether oxygens (including phenoxy) is 1. The van der Waals surface area contributed by atoms with Gasteiger partial charge >= 0.3 is 5.97 Å². The fourth-order valence-corrected chi connectivity index (χ4v) is 2.12. The number of carbonyl (C=O) groups is 1. The Morgan fingerprint density at radius 3 is 2.81 bits per heavy atom. The minimum absolute atomic E-state index is 0.00260. The Hall–Kier alpha value is -0.730. The van der Waals surface area contributed by atoms with Gasteiger partial charge in [-0.25, -0.2) is 0 Å². The molecule has 2 nitrogen and oxygen atoms in total. The van der Waals surface area contributed by atoms with Crippen molar-refractivity contribution in [1.82, 2.24) is 0 Å². The second-order valence-corrected chi connectivity index (χ2v) is 4.69. The van der Waals surface area contributed by atoms with Crippen molar-refractivity contribution in [2.75, 3.05) is 6.61 Å². The molecule has 4 heteroatoms. The van der Waals surface area contributed by atoms with Gasteiger partial charge in [-0.1, -0.05) is 29.3 Å². The van der Waals surface area contributed by atoms with Gasteiger partial charge in [0.05, 0.1) is 22.6 Å². The lowest BCUT2D eigenvalue weighted by atomic mass is 10.1. The second-order valence-electron chi connectivity index (χ2n) is 3.87. The van der Waals surface area contributed by atoms with Gasteiger partial charge in [-0.3, -0.25) is 4.79 Å². The molecule has 16 heavy (non-hydrogen) atoms. The molecule has 0 bridgehead atoms. The van der Waals surface area contributed by atoms with Crippen LogP contribution in [0.3, 0.4) is 0 Å². The van der Waals surface area contributed by atoms with E-state index in [9.17, 15) is 4.79 Å². The molecule has 1 aliphatic rings. The highest BCUT2D eigenvalue weighted by atomic mass is 35.5. The molecule has 0 radical (unpaired) electrons. The monoisotopic (exact) mass is 258 g/mol. The molecule has 0 N–H and O–H groups in total. The molecule has 1 aliphatic carbocycles. The van der Waals surface area contributed by atoms with E-state index in [2.05, 4.69) is 0 Å². The van der Waals surface area contributed by atoms with Crippen LogP contribution in [-0.4, -0.2) is 12.6 Å². The van der Waals surface area contributed by atoms with Gasteiger partial charge < -0.3 is 4.74 Å². The topological polar surface area (TPSA) is 26.3 Å². The van der Waals surface area contributed by atoms with Gasteiger partial charge in [-0.2, -0.15) is 0 Å². The summed E-state index contributed by atoms with van der Waals surface area (Å²) in [5, 5.41) is 1.08. The van der Waals surface area contributed by atoms with Gasteiger partial charge in [0, 0.05) is 0 Å². The molecule has 0 unspecified atom stereocenters. The summed E-state index contributed by atoms with van der Waals surface area (Å²) in [6, 6.07) is 5.51. The molecule has 1 fully saturated rings. The van der Waals surface area contributed by atoms with Crippen LogP contribution in [0.25, 0.3) is 0 Å². The third kappa shape index (κ3) is 2.33. The van der Waals surface area contributed by atoms with Crippen molar-refractivity contribution < 1.29 is 9.53 Å². The number of hydrogen-bond acceptors (Lipinski definition) is 2. The van der Waals surface area contributed by atoms with Crippen molar-refractivity contribution in [3.63, 3.8) is 0 Å². The van der Waals surface area contributed by atoms with E-state index < -0.39 is 0 Å². The first-order valence-electron chi connectivity index (χ1n) is 5.25. The van der Waals surface area contributed by atoms with Crippen LogP contribution in [0.5, 0.6) is 0 Å².